The summed E-state index contributed by atoms with van der Waals surface area (Å²) < 4.78 is 0. The van der Waals surface area contributed by atoms with Crippen molar-refractivity contribution in [3.05, 3.63) is 0 Å². The normalized spacial score (nSPS) is 0. The Labute approximate surface area is 93.1 Å². The van der Waals surface area contributed by atoms with E-state index in [9.17, 15) is 0 Å². The van der Waals surface area contributed by atoms with Crippen molar-refractivity contribution in [2.75, 3.05) is 0 Å². The van der Waals surface area contributed by atoms with Crippen molar-refractivity contribution in [2.45, 2.75) is 0 Å². The van der Waals surface area contributed by atoms with Crippen LogP contribution >= 0.6 is 0 Å². The van der Waals surface area contributed by atoms with E-state index in [0.717, 1.165) is 0 Å². The van der Waals surface area contributed by atoms with E-state index in [2.05, 4.69) is 0 Å². The second kappa shape index (κ2) is 17.3. The van der Waals surface area contributed by atoms with Gasteiger partial charge >= 0.3 is 58.2 Å². The van der Waals surface area contributed by atoms with Crippen LogP contribution in [0.5, 0.6) is 0 Å². The van der Waals surface area contributed by atoms with E-state index >= 15 is 0 Å². The molecule has 0 rings (SSSR count). The summed E-state index contributed by atoms with van der Waals surface area (Å²) in [6.45, 7) is 0. The summed E-state index contributed by atoms with van der Waals surface area (Å²) in [7, 11) is 0. The van der Waals surface area contributed by atoms with Crippen molar-refractivity contribution in [3.63, 3.8) is 0 Å². The van der Waals surface area contributed by atoms with Gasteiger partial charge in [0.1, 0.15) is 0 Å². The summed E-state index contributed by atoms with van der Waals surface area (Å²) >= 11 is 0. The second-order valence-corrected chi connectivity index (χ2v) is 0. The SMILES string of the molecule is [Cl-].[Cl-].[Cl-].[Rb+]. The van der Waals surface area contributed by atoms with Crippen LogP contribution in [-0.2, 0) is 0 Å². The quantitative estimate of drug-likeness (QED) is 0.357. The van der Waals surface area contributed by atoms with Gasteiger partial charge in [-0.15, -0.1) is 0 Å². The third-order valence-electron chi connectivity index (χ3n) is 0. The zero-order chi connectivity index (χ0) is 0. The van der Waals surface area contributed by atoms with E-state index in [1.54, 1.807) is 0 Å². The molecule has 4 heavy (non-hydrogen) atoms. The van der Waals surface area contributed by atoms with Crippen LogP contribution in [0.3, 0.4) is 0 Å². The maximum Gasteiger partial charge on any atom is 1.00 e. The van der Waals surface area contributed by atoms with Gasteiger partial charge in [-0.3, -0.25) is 0 Å². The molecule has 0 heterocycles. The summed E-state index contributed by atoms with van der Waals surface area (Å²) in [4.78, 5) is 0. The van der Waals surface area contributed by atoms with E-state index in [-0.39, 0.29) is 95.4 Å². The summed E-state index contributed by atoms with van der Waals surface area (Å²) in [5.41, 5.74) is 0. The predicted molar refractivity (Wildman–Crippen MR) is 0 cm³/mol. The monoisotopic (exact) mass is 190 g/mol. The van der Waals surface area contributed by atoms with Gasteiger partial charge in [0.2, 0.25) is 0 Å². The molecular weight excluding hydrogens is 192 g/mol. The minimum absolute atomic E-state index is 0. The van der Waals surface area contributed by atoms with Crippen LogP contribution in [0.4, 0.5) is 0 Å². The van der Waals surface area contributed by atoms with Crippen LogP contribution in [0.15, 0.2) is 0 Å². The van der Waals surface area contributed by atoms with Gasteiger partial charge in [0, 0.05) is 0 Å². The molecule has 0 aromatic rings. The minimum Gasteiger partial charge on any atom is -1.00 e. The number of hydrogen-bond donors (Lipinski definition) is 0. The Morgan fingerprint density at radius 2 is 0.500 bits per heavy atom. The van der Waals surface area contributed by atoms with Crippen molar-refractivity contribution < 1.29 is 95.4 Å². The van der Waals surface area contributed by atoms with Gasteiger partial charge < -0.3 is 37.2 Å². The number of hydrogen-bond acceptors (Lipinski definition) is 0. The fourth-order valence-electron chi connectivity index (χ4n) is 0. The Bertz CT molecular complexity index is 3.25. The average molecular weight is 192 g/mol. The van der Waals surface area contributed by atoms with Crippen LogP contribution in [0.2, 0.25) is 0 Å². The first kappa shape index (κ1) is 30.0. The van der Waals surface area contributed by atoms with E-state index in [1.807, 2.05) is 0 Å². The van der Waals surface area contributed by atoms with Crippen LogP contribution in [-0.4, -0.2) is 0 Å². The van der Waals surface area contributed by atoms with Crippen LogP contribution in [0.25, 0.3) is 0 Å². The van der Waals surface area contributed by atoms with Crippen molar-refractivity contribution in [2.24, 2.45) is 0 Å². The zero-order valence-electron chi connectivity index (χ0n) is 2.13. The molecule has 0 nitrogen and oxygen atoms in total. The molecule has 0 aliphatic rings. The molecule has 0 spiro atoms. The minimum atomic E-state index is 0. The molecule has 0 aromatic heterocycles. The predicted octanol–water partition coefficient (Wildman–Crippen LogP) is -12.0. The standard InChI is InChI=1S/3ClH.Rb/h3*1H;/q;;;+1/p-3. The molecular formula is Cl3Rb-2. The first-order valence-corrected chi connectivity index (χ1v) is 0. The topological polar surface area (TPSA) is 0 Å². The van der Waals surface area contributed by atoms with Crippen molar-refractivity contribution in [3.8, 4) is 0 Å². The third kappa shape index (κ3) is 8.82. The molecule has 0 saturated heterocycles. The Kier molecular flexibility index (Phi) is 130. The fraction of sp³-hybridized carbons (Fsp3) is 0. The molecule has 0 bridgehead atoms. The summed E-state index contributed by atoms with van der Waals surface area (Å²) in [6.07, 6.45) is 0. The fourth-order valence-corrected chi connectivity index (χ4v) is 0. The third-order valence-corrected chi connectivity index (χ3v) is 0. The van der Waals surface area contributed by atoms with Crippen molar-refractivity contribution in [1.82, 2.24) is 0 Å². The molecule has 0 N–H and O–H groups in total. The average Bonchev–Trinajstić information content (AvgIpc) is 0. The maximum atomic E-state index is 0. The molecule has 4 heteroatoms. The first-order chi connectivity index (χ1) is 0. The smallest absolute Gasteiger partial charge is 1.00 e. The maximum absolute atomic E-state index is 0. The number of rotatable bonds is 0. The molecule has 0 saturated carbocycles. The van der Waals surface area contributed by atoms with Gasteiger partial charge in [-0.25, -0.2) is 0 Å². The van der Waals surface area contributed by atoms with Gasteiger partial charge in [0.15, 0.2) is 0 Å². The largest absolute Gasteiger partial charge is 1.00 e. The molecule has 0 aliphatic heterocycles. The molecule has 24 valence electrons. The molecule has 0 fully saturated rings. The Morgan fingerprint density at radius 3 is 0.500 bits per heavy atom. The van der Waals surface area contributed by atoms with Crippen molar-refractivity contribution >= 4 is 0 Å². The number of halogens is 3. The van der Waals surface area contributed by atoms with Crippen molar-refractivity contribution in [1.29, 1.82) is 0 Å². The second-order valence-electron chi connectivity index (χ2n) is 0. The van der Waals surface area contributed by atoms with Gasteiger partial charge in [0.25, 0.3) is 0 Å². The Hall–Kier alpha value is 2.68. The zero-order valence-corrected chi connectivity index (χ0v) is 9.32. The molecule has 0 unspecified atom stereocenters. The molecule has 0 atom stereocenters. The van der Waals surface area contributed by atoms with E-state index in [1.165, 1.54) is 0 Å². The van der Waals surface area contributed by atoms with Crippen LogP contribution in [0, 0.1) is 0 Å². The molecule has 0 aromatic carbocycles. The van der Waals surface area contributed by atoms with Gasteiger partial charge in [0.05, 0.1) is 0 Å². The van der Waals surface area contributed by atoms with Gasteiger partial charge in [-0.2, -0.15) is 0 Å². The molecule has 0 radical (unpaired) electrons. The Morgan fingerprint density at radius 1 is 0.500 bits per heavy atom. The summed E-state index contributed by atoms with van der Waals surface area (Å²) in [6, 6.07) is 0. The molecule has 0 amide bonds. The molecule has 0 aliphatic carbocycles. The van der Waals surface area contributed by atoms with E-state index in [4.69, 9.17) is 0 Å². The Balaban J connectivity index is 0. The van der Waals surface area contributed by atoms with Gasteiger partial charge in [-0.05, 0) is 0 Å². The van der Waals surface area contributed by atoms with E-state index in [0.29, 0.717) is 0 Å². The van der Waals surface area contributed by atoms with E-state index < -0.39 is 0 Å². The van der Waals surface area contributed by atoms with Gasteiger partial charge in [-0.1, -0.05) is 0 Å². The summed E-state index contributed by atoms with van der Waals surface area (Å²) in [5, 5.41) is 0. The van der Waals surface area contributed by atoms with Crippen LogP contribution < -0.4 is 95.4 Å². The van der Waals surface area contributed by atoms with Crippen LogP contribution in [0.1, 0.15) is 0 Å². The first-order valence-electron chi connectivity index (χ1n) is 0. The summed E-state index contributed by atoms with van der Waals surface area (Å²) in [5.74, 6) is 0.